The summed E-state index contributed by atoms with van der Waals surface area (Å²) >= 11 is 0. The quantitative estimate of drug-likeness (QED) is 0.836. The van der Waals surface area contributed by atoms with Crippen LogP contribution in [0, 0.1) is 5.41 Å². The lowest BCUT2D eigenvalue weighted by Crippen LogP contribution is -2.42. The molecule has 1 saturated carbocycles. The number of amides is 1. The van der Waals surface area contributed by atoms with Crippen molar-refractivity contribution in [3.63, 3.8) is 0 Å². The Labute approximate surface area is 113 Å². The Hall–Kier alpha value is -1.65. The van der Waals surface area contributed by atoms with E-state index in [2.05, 4.69) is 9.97 Å². The first-order chi connectivity index (χ1) is 9.19. The van der Waals surface area contributed by atoms with Gasteiger partial charge in [-0.2, -0.15) is 0 Å². The summed E-state index contributed by atoms with van der Waals surface area (Å²) in [6, 6.07) is 0. The van der Waals surface area contributed by atoms with E-state index in [4.69, 9.17) is 5.73 Å². The highest BCUT2D eigenvalue weighted by atomic mass is 16.2. The average Bonchev–Trinajstić information content (AvgIpc) is 2.87. The van der Waals surface area contributed by atoms with Crippen molar-refractivity contribution in [2.75, 3.05) is 18.8 Å². The number of likely N-dealkylation sites (tertiary alicyclic amines) is 1. The average molecular weight is 260 g/mol. The highest BCUT2D eigenvalue weighted by molar-refractivity contribution is 5.92. The standard InChI is InChI=1S/C14H20N4O/c15-12-10-16-9-11(17-12)13(19)18-7-5-14(6-8-18)3-1-2-4-14/h9-10H,1-8H2,(H2,15,17). The summed E-state index contributed by atoms with van der Waals surface area (Å²) in [5, 5.41) is 0. The van der Waals surface area contributed by atoms with E-state index >= 15 is 0 Å². The number of nitrogens with two attached hydrogens (primary N) is 1. The number of hydrogen-bond donors (Lipinski definition) is 1. The number of carbonyl (C=O) groups excluding carboxylic acids is 1. The summed E-state index contributed by atoms with van der Waals surface area (Å²) in [6.45, 7) is 1.69. The Bertz CT molecular complexity index is 472. The van der Waals surface area contributed by atoms with Crippen LogP contribution in [0.2, 0.25) is 0 Å². The summed E-state index contributed by atoms with van der Waals surface area (Å²) in [5.74, 6) is 0.266. The van der Waals surface area contributed by atoms with Gasteiger partial charge in [-0.15, -0.1) is 0 Å². The molecule has 1 amide bonds. The lowest BCUT2D eigenvalue weighted by Gasteiger charge is -2.39. The van der Waals surface area contributed by atoms with E-state index in [0.717, 1.165) is 25.9 Å². The highest BCUT2D eigenvalue weighted by Crippen LogP contribution is 2.46. The Morgan fingerprint density at radius 2 is 1.84 bits per heavy atom. The molecule has 102 valence electrons. The molecule has 5 heteroatoms. The van der Waals surface area contributed by atoms with Crippen molar-refractivity contribution < 1.29 is 4.79 Å². The second-order valence-electron chi connectivity index (χ2n) is 5.83. The summed E-state index contributed by atoms with van der Waals surface area (Å²) in [5.41, 5.74) is 6.47. The molecule has 5 nitrogen and oxygen atoms in total. The number of piperidine rings is 1. The van der Waals surface area contributed by atoms with Crippen LogP contribution in [0.1, 0.15) is 49.0 Å². The van der Waals surface area contributed by atoms with Gasteiger partial charge in [0, 0.05) is 13.1 Å². The molecule has 1 aromatic rings. The summed E-state index contributed by atoms with van der Waals surface area (Å²) in [6.07, 6.45) is 10.6. The van der Waals surface area contributed by atoms with E-state index in [9.17, 15) is 4.79 Å². The maximum Gasteiger partial charge on any atom is 0.274 e. The van der Waals surface area contributed by atoms with Gasteiger partial charge in [0.25, 0.3) is 5.91 Å². The Morgan fingerprint density at radius 3 is 2.47 bits per heavy atom. The molecule has 1 saturated heterocycles. The number of nitrogen functional groups attached to an aromatic ring is 1. The van der Waals surface area contributed by atoms with Gasteiger partial charge in [0.15, 0.2) is 0 Å². The topological polar surface area (TPSA) is 72.1 Å². The van der Waals surface area contributed by atoms with Crippen LogP contribution in [0.3, 0.4) is 0 Å². The number of nitrogens with zero attached hydrogens (tertiary/aromatic N) is 3. The van der Waals surface area contributed by atoms with Crippen molar-refractivity contribution in [3.05, 3.63) is 18.1 Å². The molecule has 1 aliphatic heterocycles. The fraction of sp³-hybridized carbons (Fsp3) is 0.643. The van der Waals surface area contributed by atoms with E-state index < -0.39 is 0 Å². The first kappa shape index (κ1) is 12.4. The van der Waals surface area contributed by atoms with Crippen molar-refractivity contribution in [1.29, 1.82) is 0 Å². The van der Waals surface area contributed by atoms with Crippen LogP contribution in [-0.2, 0) is 0 Å². The summed E-state index contributed by atoms with van der Waals surface area (Å²) in [7, 11) is 0. The van der Waals surface area contributed by atoms with Crippen molar-refractivity contribution in [2.24, 2.45) is 5.41 Å². The molecule has 1 aliphatic carbocycles. The molecule has 3 rings (SSSR count). The van der Waals surface area contributed by atoms with Gasteiger partial charge in [-0.1, -0.05) is 12.8 Å². The third kappa shape index (κ3) is 2.41. The smallest absolute Gasteiger partial charge is 0.274 e. The Balaban J connectivity index is 1.66. The number of aromatic nitrogens is 2. The Kier molecular flexibility index (Phi) is 3.12. The van der Waals surface area contributed by atoms with E-state index in [-0.39, 0.29) is 5.91 Å². The van der Waals surface area contributed by atoms with Crippen molar-refractivity contribution in [3.8, 4) is 0 Å². The zero-order valence-electron chi connectivity index (χ0n) is 11.1. The lowest BCUT2D eigenvalue weighted by molar-refractivity contribution is 0.0581. The van der Waals surface area contributed by atoms with Crippen molar-refractivity contribution in [2.45, 2.75) is 38.5 Å². The first-order valence-electron chi connectivity index (χ1n) is 7.05. The van der Waals surface area contributed by atoms with E-state index in [0.29, 0.717) is 16.9 Å². The van der Waals surface area contributed by atoms with Crippen LogP contribution >= 0.6 is 0 Å². The molecule has 2 fully saturated rings. The summed E-state index contributed by atoms with van der Waals surface area (Å²) in [4.78, 5) is 22.2. The van der Waals surface area contributed by atoms with E-state index in [1.807, 2.05) is 4.90 Å². The molecule has 0 bridgehead atoms. The molecule has 0 unspecified atom stereocenters. The minimum Gasteiger partial charge on any atom is -0.382 e. The van der Waals surface area contributed by atoms with Gasteiger partial charge in [-0.05, 0) is 31.1 Å². The van der Waals surface area contributed by atoms with Gasteiger partial charge in [0.1, 0.15) is 11.5 Å². The molecular formula is C14H20N4O. The molecule has 2 N–H and O–H groups in total. The van der Waals surface area contributed by atoms with Crippen LogP contribution in [0.4, 0.5) is 5.82 Å². The predicted octanol–water partition coefficient (Wildman–Crippen LogP) is 1.86. The zero-order chi connectivity index (χ0) is 13.3. The molecular weight excluding hydrogens is 240 g/mol. The van der Waals surface area contributed by atoms with Crippen LogP contribution < -0.4 is 5.73 Å². The van der Waals surface area contributed by atoms with Gasteiger partial charge in [-0.25, -0.2) is 4.98 Å². The van der Waals surface area contributed by atoms with Crippen LogP contribution in [0.25, 0.3) is 0 Å². The molecule has 0 aromatic carbocycles. The fourth-order valence-electron chi connectivity index (χ4n) is 3.46. The van der Waals surface area contributed by atoms with Crippen LogP contribution in [0.15, 0.2) is 12.4 Å². The lowest BCUT2D eigenvalue weighted by atomic mass is 9.77. The molecule has 0 atom stereocenters. The van der Waals surface area contributed by atoms with E-state index in [1.165, 1.54) is 38.1 Å². The number of anilines is 1. The maximum atomic E-state index is 12.3. The molecule has 2 aliphatic rings. The van der Waals surface area contributed by atoms with Crippen LogP contribution in [-0.4, -0.2) is 33.9 Å². The zero-order valence-corrected chi connectivity index (χ0v) is 11.1. The highest BCUT2D eigenvalue weighted by Gasteiger charge is 2.38. The number of carbonyl (C=O) groups is 1. The molecule has 2 heterocycles. The van der Waals surface area contributed by atoms with Gasteiger partial charge < -0.3 is 10.6 Å². The van der Waals surface area contributed by atoms with Gasteiger partial charge in [0.2, 0.25) is 0 Å². The third-order valence-electron chi connectivity index (χ3n) is 4.65. The first-order valence-corrected chi connectivity index (χ1v) is 7.05. The summed E-state index contributed by atoms with van der Waals surface area (Å²) < 4.78 is 0. The molecule has 0 radical (unpaired) electrons. The van der Waals surface area contributed by atoms with Gasteiger partial charge in [-0.3, -0.25) is 9.78 Å². The Morgan fingerprint density at radius 1 is 1.16 bits per heavy atom. The van der Waals surface area contributed by atoms with E-state index in [1.54, 1.807) is 0 Å². The number of rotatable bonds is 1. The van der Waals surface area contributed by atoms with Gasteiger partial charge in [0.05, 0.1) is 12.4 Å². The SMILES string of the molecule is Nc1cncc(C(=O)N2CCC3(CCCC3)CC2)n1. The van der Waals surface area contributed by atoms with Gasteiger partial charge >= 0.3 is 0 Å². The fourth-order valence-corrected chi connectivity index (χ4v) is 3.46. The predicted molar refractivity (Wildman–Crippen MR) is 72.5 cm³/mol. The second-order valence-corrected chi connectivity index (χ2v) is 5.83. The second kappa shape index (κ2) is 4.79. The molecule has 19 heavy (non-hydrogen) atoms. The number of hydrogen-bond acceptors (Lipinski definition) is 4. The minimum atomic E-state index is -0.0346. The van der Waals surface area contributed by atoms with Crippen LogP contribution in [0.5, 0.6) is 0 Å². The minimum absolute atomic E-state index is 0.0346. The monoisotopic (exact) mass is 260 g/mol. The normalized spacial score (nSPS) is 21.8. The molecule has 1 spiro atoms. The van der Waals surface area contributed by atoms with Crippen molar-refractivity contribution >= 4 is 11.7 Å². The largest absolute Gasteiger partial charge is 0.382 e. The maximum absolute atomic E-state index is 12.3. The molecule has 1 aromatic heterocycles. The third-order valence-corrected chi connectivity index (χ3v) is 4.65. The van der Waals surface area contributed by atoms with Crippen molar-refractivity contribution in [1.82, 2.24) is 14.9 Å².